The van der Waals surface area contributed by atoms with Crippen LogP contribution in [0.25, 0.3) is 0 Å². The van der Waals surface area contributed by atoms with Crippen LogP contribution in [0, 0.1) is 5.82 Å². The molecule has 0 aliphatic carbocycles. The van der Waals surface area contributed by atoms with Gasteiger partial charge in [0.2, 0.25) is 5.60 Å². The van der Waals surface area contributed by atoms with Crippen LogP contribution in [-0.4, -0.2) is 17.2 Å². The Hall–Kier alpha value is -2.69. The smallest absolute Gasteiger partial charge is 0.267 e. The number of hydrogen-bond donors (Lipinski definition) is 1. The third-order valence-corrected chi connectivity index (χ3v) is 3.79. The second kappa shape index (κ2) is 6.20. The van der Waals surface area contributed by atoms with E-state index in [2.05, 4.69) is 10.5 Å². The molecule has 2 aromatic rings. The lowest BCUT2D eigenvalue weighted by Crippen LogP contribution is -2.44. The summed E-state index contributed by atoms with van der Waals surface area (Å²) in [7, 11) is 0. The lowest BCUT2D eigenvalue weighted by atomic mass is 9.95. The third-order valence-electron chi connectivity index (χ3n) is 3.79. The molecule has 0 saturated heterocycles. The van der Waals surface area contributed by atoms with Gasteiger partial charge in [0.1, 0.15) is 5.82 Å². The molecule has 1 atom stereocenters. The maximum absolute atomic E-state index is 13.2. The summed E-state index contributed by atoms with van der Waals surface area (Å²) in [5.41, 5.74) is 1.34. The number of amides is 1. The maximum Gasteiger partial charge on any atom is 0.267 e. The lowest BCUT2D eigenvalue weighted by Gasteiger charge is -2.20. The zero-order chi connectivity index (χ0) is 16.3. The first kappa shape index (κ1) is 15.2. The number of hydrogen-bond acceptors (Lipinski definition) is 3. The molecule has 0 radical (unpaired) electrons. The largest absolute Gasteiger partial charge is 0.379 e. The SMILES string of the molecule is CC1(C(=O)NCc2cccc(F)c2)CC(c2ccccc2)=NO1. The van der Waals surface area contributed by atoms with Crippen LogP contribution in [0.4, 0.5) is 4.39 Å². The van der Waals surface area contributed by atoms with E-state index in [0.29, 0.717) is 12.0 Å². The molecule has 1 aliphatic heterocycles. The second-order valence-corrected chi connectivity index (χ2v) is 5.72. The summed E-state index contributed by atoms with van der Waals surface area (Å²) in [6.07, 6.45) is 0.395. The molecule has 0 fully saturated rings. The van der Waals surface area contributed by atoms with Crippen LogP contribution < -0.4 is 5.32 Å². The molecule has 0 spiro atoms. The molecule has 3 rings (SSSR count). The average molecular weight is 312 g/mol. The van der Waals surface area contributed by atoms with E-state index < -0.39 is 5.60 Å². The Bertz CT molecular complexity index is 746. The van der Waals surface area contributed by atoms with Crippen molar-refractivity contribution < 1.29 is 14.0 Å². The quantitative estimate of drug-likeness (QED) is 0.943. The molecular formula is C18H17FN2O2. The zero-order valence-corrected chi connectivity index (χ0v) is 12.8. The highest BCUT2D eigenvalue weighted by molar-refractivity contribution is 6.05. The van der Waals surface area contributed by atoms with Crippen LogP contribution in [-0.2, 0) is 16.2 Å². The Labute approximate surface area is 134 Å². The van der Waals surface area contributed by atoms with Crippen LogP contribution in [0.3, 0.4) is 0 Å². The van der Waals surface area contributed by atoms with E-state index in [1.807, 2.05) is 30.3 Å². The van der Waals surface area contributed by atoms with Crippen molar-refractivity contribution in [3.63, 3.8) is 0 Å². The van der Waals surface area contributed by atoms with Gasteiger partial charge in [0.15, 0.2) is 0 Å². The van der Waals surface area contributed by atoms with Gasteiger partial charge in [-0.3, -0.25) is 4.79 Å². The van der Waals surface area contributed by atoms with Crippen molar-refractivity contribution in [3.05, 3.63) is 71.5 Å². The molecule has 1 aliphatic rings. The topological polar surface area (TPSA) is 50.7 Å². The first-order chi connectivity index (χ1) is 11.1. The van der Waals surface area contributed by atoms with E-state index in [1.54, 1.807) is 19.1 Å². The van der Waals surface area contributed by atoms with Crippen LogP contribution >= 0.6 is 0 Å². The number of carbonyl (C=O) groups excluding carboxylic acids is 1. The Morgan fingerprint density at radius 2 is 2.04 bits per heavy atom. The average Bonchev–Trinajstić information content (AvgIpc) is 2.97. The summed E-state index contributed by atoms with van der Waals surface area (Å²) >= 11 is 0. The van der Waals surface area contributed by atoms with Crippen LogP contribution in [0.15, 0.2) is 59.8 Å². The molecule has 5 heteroatoms. The van der Waals surface area contributed by atoms with E-state index in [0.717, 1.165) is 11.3 Å². The third kappa shape index (κ3) is 3.39. The minimum Gasteiger partial charge on any atom is -0.379 e. The number of oxime groups is 1. The van der Waals surface area contributed by atoms with Gasteiger partial charge in [-0.05, 0) is 30.2 Å². The molecule has 0 aromatic heterocycles. The molecule has 1 heterocycles. The van der Waals surface area contributed by atoms with Crippen LogP contribution in [0.5, 0.6) is 0 Å². The molecule has 1 amide bonds. The van der Waals surface area contributed by atoms with Crippen molar-refractivity contribution in [1.29, 1.82) is 0 Å². The minimum absolute atomic E-state index is 0.246. The minimum atomic E-state index is -1.04. The molecule has 2 aromatic carbocycles. The maximum atomic E-state index is 13.2. The summed E-state index contributed by atoms with van der Waals surface area (Å²) in [5, 5.41) is 6.82. The van der Waals surface area contributed by atoms with Crippen molar-refractivity contribution in [2.45, 2.75) is 25.5 Å². The Kier molecular flexibility index (Phi) is 4.10. The lowest BCUT2D eigenvalue weighted by molar-refractivity contribution is -0.141. The van der Waals surface area contributed by atoms with Crippen molar-refractivity contribution >= 4 is 11.6 Å². The zero-order valence-electron chi connectivity index (χ0n) is 12.8. The van der Waals surface area contributed by atoms with Gasteiger partial charge in [0.25, 0.3) is 5.91 Å². The molecule has 23 heavy (non-hydrogen) atoms. The Balaban J connectivity index is 1.62. The number of benzene rings is 2. The van der Waals surface area contributed by atoms with E-state index in [-0.39, 0.29) is 18.3 Å². The fraction of sp³-hybridized carbons (Fsp3) is 0.222. The predicted molar refractivity (Wildman–Crippen MR) is 85.3 cm³/mol. The summed E-state index contributed by atoms with van der Waals surface area (Å²) in [4.78, 5) is 17.8. The highest BCUT2D eigenvalue weighted by Crippen LogP contribution is 2.26. The van der Waals surface area contributed by atoms with Gasteiger partial charge < -0.3 is 10.2 Å². The summed E-state index contributed by atoms with van der Waals surface area (Å²) in [6, 6.07) is 15.7. The van der Waals surface area contributed by atoms with E-state index in [9.17, 15) is 9.18 Å². The van der Waals surface area contributed by atoms with Gasteiger partial charge in [-0.2, -0.15) is 0 Å². The summed E-state index contributed by atoms with van der Waals surface area (Å²) in [6.45, 7) is 1.95. The van der Waals surface area contributed by atoms with E-state index >= 15 is 0 Å². The second-order valence-electron chi connectivity index (χ2n) is 5.72. The van der Waals surface area contributed by atoms with Crippen molar-refractivity contribution in [2.75, 3.05) is 0 Å². The molecule has 0 bridgehead atoms. The van der Waals surface area contributed by atoms with Gasteiger partial charge in [-0.25, -0.2) is 4.39 Å². The highest BCUT2D eigenvalue weighted by Gasteiger charge is 2.42. The summed E-state index contributed by atoms with van der Waals surface area (Å²) < 4.78 is 13.2. The Morgan fingerprint density at radius 1 is 1.26 bits per heavy atom. The number of nitrogens with zero attached hydrogens (tertiary/aromatic N) is 1. The fourth-order valence-electron chi connectivity index (χ4n) is 2.46. The van der Waals surface area contributed by atoms with Gasteiger partial charge in [0, 0.05) is 13.0 Å². The highest BCUT2D eigenvalue weighted by atomic mass is 19.1. The van der Waals surface area contributed by atoms with Gasteiger partial charge >= 0.3 is 0 Å². The van der Waals surface area contributed by atoms with Gasteiger partial charge in [-0.15, -0.1) is 0 Å². The van der Waals surface area contributed by atoms with Crippen molar-refractivity contribution in [1.82, 2.24) is 5.32 Å². The van der Waals surface area contributed by atoms with Crippen LogP contribution in [0.2, 0.25) is 0 Å². The first-order valence-corrected chi connectivity index (χ1v) is 7.40. The number of nitrogens with one attached hydrogen (secondary N) is 1. The monoisotopic (exact) mass is 312 g/mol. The van der Waals surface area contributed by atoms with E-state index in [4.69, 9.17) is 4.84 Å². The molecule has 4 nitrogen and oxygen atoms in total. The van der Waals surface area contributed by atoms with Crippen LogP contribution in [0.1, 0.15) is 24.5 Å². The molecule has 0 saturated carbocycles. The van der Waals surface area contributed by atoms with E-state index in [1.165, 1.54) is 12.1 Å². The standard InChI is InChI=1S/C18H17FN2O2/c1-18(11-16(21-23-18)14-7-3-2-4-8-14)17(22)20-12-13-6-5-9-15(19)10-13/h2-10H,11-12H2,1H3,(H,20,22). The number of rotatable bonds is 4. The Morgan fingerprint density at radius 3 is 2.78 bits per heavy atom. The number of halogens is 1. The molecule has 1 unspecified atom stereocenters. The molecule has 118 valence electrons. The molecule has 1 N–H and O–H groups in total. The van der Waals surface area contributed by atoms with Crippen molar-refractivity contribution in [3.8, 4) is 0 Å². The van der Waals surface area contributed by atoms with Crippen molar-refractivity contribution in [2.24, 2.45) is 5.16 Å². The number of carbonyl (C=O) groups is 1. The van der Waals surface area contributed by atoms with Gasteiger partial charge in [0.05, 0.1) is 5.71 Å². The predicted octanol–water partition coefficient (Wildman–Crippen LogP) is 3.03. The molecular weight excluding hydrogens is 295 g/mol. The van der Waals surface area contributed by atoms with Gasteiger partial charge in [-0.1, -0.05) is 47.6 Å². The normalized spacial score (nSPS) is 19.8. The summed E-state index contributed by atoms with van der Waals surface area (Å²) in [5.74, 6) is -0.591. The fourth-order valence-corrected chi connectivity index (χ4v) is 2.46. The first-order valence-electron chi connectivity index (χ1n) is 7.40.